The second-order valence-corrected chi connectivity index (χ2v) is 5.67. The van der Waals surface area contributed by atoms with Gasteiger partial charge in [0.25, 0.3) is 0 Å². The topological polar surface area (TPSA) is 40.6 Å². The maximum absolute atomic E-state index is 13.8. The van der Waals surface area contributed by atoms with Crippen molar-refractivity contribution < 1.29 is 14.0 Å². The highest BCUT2D eigenvalue weighted by atomic mass is 19.1. The molecule has 0 unspecified atom stereocenters. The Kier molecular flexibility index (Phi) is 5.92. The fraction of sp³-hybridized carbons (Fsp3) is 0.529. The minimum atomic E-state index is -0.445. The van der Waals surface area contributed by atoms with Crippen molar-refractivity contribution in [1.29, 1.82) is 0 Å². The van der Waals surface area contributed by atoms with E-state index >= 15 is 0 Å². The molecular weight excluding hydrogens is 283 g/mol. The Morgan fingerprint density at radius 1 is 1.14 bits per heavy atom. The number of carbonyl (C=O) groups excluding carboxylic acids is 2. The number of carbonyl (C=O) groups is 2. The molecule has 1 saturated heterocycles. The molecule has 0 spiro atoms. The Hall–Kier alpha value is -1.91. The van der Waals surface area contributed by atoms with Gasteiger partial charge in [-0.25, -0.2) is 4.39 Å². The van der Waals surface area contributed by atoms with Crippen molar-refractivity contribution >= 4 is 17.5 Å². The average molecular weight is 306 g/mol. The molecular formula is C17H23FN2O2. The van der Waals surface area contributed by atoms with Crippen LogP contribution in [0.15, 0.2) is 24.3 Å². The fourth-order valence-corrected chi connectivity index (χ4v) is 2.80. The monoisotopic (exact) mass is 306 g/mol. The maximum Gasteiger partial charge on any atom is 0.224 e. The van der Waals surface area contributed by atoms with Crippen molar-refractivity contribution in [1.82, 2.24) is 4.90 Å². The van der Waals surface area contributed by atoms with Crippen LogP contribution >= 0.6 is 0 Å². The molecule has 4 nitrogen and oxygen atoms in total. The summed E-state index contributed by atoms with van der Waals surface area (Å²) in [6, 6.07) is 6.15. The van der Waals surface area contributed by atoms with E-state index in [0.29, 0.717) is 0 Å². The first-order valence-electron chi connectivity index (χ1n) is 7.90. The van der Waals surface area contributed by atoms with Crippen molar-refractivity contribution in [2.75, 3.05) is 24.5 Å². The van der Waals surface area contributed by atoms with Crippen LogP contribution in [0.4, 0.5) is 10.1 Å². The second-order valence-electron chi connectivity index (χ2n) is 5.67. The molecule has 1 fully saturated rings. The van der Waals surface area contributed by atoms with E-state index in [2.05, 4.69) is 0 Å². The van der Waals surface area contributed by atoms with Crippen molar-refractivity contribution in [2.45, 2.75) is 39.0 Å². The van der Waals surface area contributed by atoms with Crippen LogP contribution in [0.5, 0.6) is 0 Å². The SMILES string of the molecule is CC(=O)N(CCC(=O)N1CCCCCC1)c1ccccc1F. The average Bonchev–Trinajstić information content (AvgIpc) is 2.78. The van der Waals surface area contributed by atoms with Crippen molar-refractivity contribution in [3.05, 3.63) is 30.1 Å². The Morgan fingerprint density at radius 3 is 2.36 bits per heavy atom. The zero-order valence-electron chi connectivity index (χ0n) is 13.1. The summed E-state index contributed by atoms with van der Waals surface area (Å²) in [5.41, 5.74) is 0.235. The highest BCUT2D eigenvalue weighted by Gasteiger charge is 2.20. The van der Waals surface area contributed by atoms with E-state index in [0.717, 1.165) is 25.9 Å². The van der Waals surface area contributed by atoms with Gasteiger partial charge in [0.15, 0.2) is 0 Å². The predicted octanol–water partition coefficient (Wildman–Crippen LogP) is 2.97. The molecule has 1 heterocycles. The van der Waals surface area contributed by atoms with Gasteiger partial charge >= 0.3 is 0 Å². The molecule has 22 heavy (non-hydrogen) atoms. The summed E-state index contributed by atoms with van der Waals surface area (Å²) in [7, 11) is 0. The normalized spacial score (nSPS) is 15.3. The summed E-state index contributed by atoms with van der Waals surface area (Å²) in [5, 5.41) is 0. The molecule has 0 atom stereocenters. The second kappa shape index (κ2) is 7.92. The smallest absolute Gasteiger partial charge is 0.224 e. The number of hydrogen-bond donors (Lipinski definition) is 0. The zero-order valence-corrected chi connectivity index (χ0v) is 13.1. The third kappa shape index (κ3) is 4.29. The molecule has 0 saturated carbocycles. The molecule has 0 aliphatic carbocycles. The third-order valence-electron chi connectivity index (χ3n) is 4.03. The Bertz CT molecular complexity index is 525. The standard InChI is InChI=1S/C17H23FN2O2/c1-14(21)20(16-9-5-4-8-15(16)18)13-10-17(22)19-11-6-2-3-7-12-19/h4-5,8-9H,2-3,6-7,10-13H2,1H3. The Morgan fingerprint density at radius 2 is 1.77 bits per heavy atom. The van der Waals surface area contributed by atoms with E-state index in [4.69, 9.17) is 0 Å². The summed E-state index contributed by atoms with van der Waals surface area (Å²) >= 11 is 0. The third-order valence-corrected chi connectivity index (χ3v) is 4.03. The molecule has 1 aliphatic rings. The first-order valence-corrected chi connectivity index (χ1v) is 7.90. The lowest BCUT2D eigenvalue weighted by molar-refractivity contribution is -0.131. The van der Waals surface area contributed by atoms with Gasteiger partial charge in [0, 0.05) is 33.0 Å². The summed E-state index contributed by atoms with van der Waals surface area (Å²) in [5.74, 6) is -0.654. The zero-order chi connectivity index (χ0) is 15.9. The van der Waals surface area contributed by atoms with Gasteiger partial charge < -0.3 is 9.80 Å². The number of likely N-dealkylation sites (tertiary alicyclic amines) is 1. The summed E-state index contributed by atoms with van der Waals surface area (Å²) in [6.07, 6.45) is 4.63. The van der Waals surface area contributed by atoms with Gasteiger partial charge in [-0.05, 0) is 25.0 Å². The summed E-state index contributed by atoms with van der Waals surface area (Å²) < 4.78 is 13.8. The van der Waals surface area contributed by atoms with E-state index in [9.17, 15) is 14.0 Å². The molecule has 120 valence electrons. The predicted molar refractivity (Wildman–Crippen MR) is 84.1 cm³/mol. The van der Waals surface area contributed by atoms with Gasteiger partial charge in [0.2, 0.25) is 11.8 Å². The molecule has 0 bridgehead atoms. The Balaban J connectivity index is 1.98. The first-order chi connectivity index (χ1) is 10.6. The molecule has 0 aromatic heterocycles. The number of hydrogen-bond acceptors (Lipinski definition) is 2. The lowest BCUT2D eigenvalue weighted by Gasteiger charge is -2.24. The maximum atomic E-state index is 13.8. The summed E-state index contributed by atoms with van der Waals surface area (Å²) in [4.78, 5) is 27.3. The van der Waals surface area contributed by atoms with Gasteiger partial charge in [-0.2, -0.15) is 0 Å². The van der Waals surface area contributed by atoms with Crippen LogP contribution in [0.25, 0.3) is 0 Å². The lowest BCUT2D eigenvalue weighted by Crippen LogP contribution is -2.37. The number of anilines is 1. The number of amides is 2. The largest absolute Gasteiger partial charge is 0.343 e. The molecule has 0 radical (unpaired) electrons. The van der Waals surface area contributed by atoms with Crippen LogP contribution in [0, 0.1) is 5.82 Å². The molecule has 2 amide bonds. The van der Waals surface area contributed by atoms with Gasteiger partial charge in [0.05, 0.1) is 5.69 Å². The molecule has 1 aliphatic heterocycles. The minimum Gasteiger partial charge on any atom is -0.343 e. The van der Waals surface area contributed by atoms with Crippen molar-refractivity contribution in [3.8, 4) is 0 Å². The van der Waals surface area contributed by atoms with Crippen LogP contribution in [0.1, 0.15) is 39.0 Å². The molecule has 1 aromatic carbocycles. The first kappa shape index (κ1) is 16.5. The van der Waals surface area contributed by atoms with E-state index in [-0.39, 0.29) is 30.5 Å². The van der Waals surface area contributed by atoms with Crippen molar-refractivity contribution in [3.63, 3.8) is 0 Å². The van der Waals surface area contributed by atoms with E-state index in [1.807, 2.05) is 4.90 Å². The van der Waals surface area contributed by atoms with Gasteiger partial charge in [-0.15, -0.1) is 0 Å². The van der Waals surface area contributed by atoms with E-state index in [1.165, 1.54) is 30.7 Å². The number of nitrogens with zero attached hydrogens (tertiary/aromatic N) is 2. The van der Waals surface area contributed by atoms with Crippen LogP contribution in [0.2, 0.25) is 0 Å². The lowest BCUT2D eigenvalue weighted by atomic mass is 10.2. The Labute approximate surface area is 130 Å². The van der Waals surface area contributed by atoms with Crippen LogP contribution in [-0.2, 0) is 9.59 Å². The summed E-state index contributed by atoms with van der Waals surface area (Å²) in [6.45, 7) is 3.19. The van der Waals surface area contributed by atoms with Gasteiger partial charge in [-0.1, -0.05) is 25.0 Å². The minimum absolute atomic E-state index is 0.0458. The molecule has 5 heteroatoms. The van der Waals surface area contributed by atoms with E-state index < -0.39 is 5.82 Å². The molecule has 1 aromatic rings. The number of halogens is 1. The van der Waals surface area contributed by atoms with Crippen LogP contribution < -0.4 is 4.90 Å². The molecule has 0 N–H and O–H groups in total. The van der Waals surface area contributed by atoms with Gasteiger partial charge in [-0.3, -0.25) is 9.59 Å². The highest BCUT2D eigenvalue weighted by Crippen LogP contribution is 2.19. The molecule has 2 rings (SSSR count). The quantitative estimate of drug-likeness (QED) is 0.858. The fourth-order valence-electron chi connectivity index (χ4n) is 2.80. The number of para-hydroxylation sites is 1. The highest BCUT2D eigenvalue weighted by molar-refractivity contribution is 5.92. The van der Waals surface area contributed by atoms with Crippen molar-refractivity contribution in [2.24, 2.45) is 0 Å². The van der Waals surface area contributed by atoms with Gasteiger partial charge in [0.1, 0.15) is 5.82 Å². The van der Waals surface area contributed by atoms with Crippen LogP contribution in [-0.4, -0.2) is 36.3 Å². The number of rotatable bonds is 4. The number of benzene rings is 1. The van der Waals surface area contributed by atoms with E-state index in [1.54, 1.807) is 18.2 Å². The van der Waals surface area contributed by atoms with Crippen LogP contribution in [0.3, 0.4) is 0 Å².